The van der Waals surface area contributed by atoms with E-state index >= 15 is 0 Å². The molecule has 0 spiro atoms. The Hall–Kier alpha value is -2.90. The summed E-state index contributed by atoms with van der Waals surface area (Å²) < 4.78 is 13.1. The molecule has 1 aliphatic heterocycles. The Morgan fingerprint density at radius 3 is 2.79 bits per heavy atom. The number of ether oxygens (including phenoxy) is 2. The van der Waals surface area contributed by atoms with Gasteiger partial charge in [0.2, 0.25) is 5.91 Å². The third-order valence-corrected chi connectivity index (χ3v) is 5.00. The predicted octanol–water partition coefficient (Wildman–Crippen LogP) is 2.61. The van der Waals surface area contributed by atoms with Gasteiger partial charge in [0, 0.05) is 31.3 Å². The van der Waals surface area contributed by atoms with Gasteiger partial charge in [0.1, 0.15) is 18.0 Å². The van der Waals surface area contributed by atoms with Crippen molar-refractivity contribution in [1.29, 1.82) is 0 Å². The van der Waals surface area contributed by atoms with Gasteiger partial charge in [0.25, 0.3) is 0 Å². The van der Waals surface area contributed by atoms with Crippen molar-refractivity contribution in [2.45, 2.75) is 25.5 Å². The van der Waals surface area contributed by atoms with E-state index in [1.807, 2.05) is 59.3 Å². The third-order valence-electron chi connectivity index (χ3n) is 5.00. The van der Waals surface area contributed by atoms with Crippen LogP contribution in [0.2, 0.25) is 0 Å². The number of benzene rings is 1. The molecule has 0 radical (unpaired) electrons. The largest absolute Gasteiger partial charge is 0.487 e. The zero-order valence-electron chi connectivity index (χ0n) is 15.6. The zero-order chi connectivity index (χ0) is 19.3. The van der Waals surface area contributed by atoms with Gasteiger partial charge >= 0.3 is 0 Å². The molecule has 7 heteroatoms. The van der Waals surface area contributed by atoms with Crippen LogP contribution >= 0.6 is 0 Å². The maximum absolute atomic E-state index is 12.4. The molecule has 146 valence electrons. The van der Waals surface area contributed by atoms with E-state index in [9.17, 15) is 4.79 Å². The fourth-order valence-corrected chi connectivity index (χ4v) is 3.36. The molecular weight excluding hydrogens is 356 g/mol. The molecule has 0 aliphatic carbocycles. The highest BCUT2D eigenvalue weighted by Gasteiger charge is 2.26. The van der Waals surface area contributed by atoms with Gasteiger partial charge in [-0.3, -0.25) is 4.79 Å². The number of hydrogen-bond acceptors (Lipinski definition) is 5. The van der Waals surface area contributed by atoms with Gasteiger partial charge in [-0.15, -0.1) is 0 Å². The Labute approximate surface area is 163 Å². The lowest BCUT2D eigenvalue weighted by Crippen LogP contribution is -2.43. The van der Waals surface area contributed by atoms with Crippen LogP contribution in [0.15, 0.2) is 54.9 Å². The summed E-state index contributed by atoms with van der Waals surface area (Å²) in [6.45, 7) is 1.72. The lowest BCUT2D eigenvalue weighted by Gasteiger charge is -2.26. The minimum absolute atomic E-state index is 0.162. The fourth-order valence-electron chi connectivity index (χ4n) is 3.36. The Balaban J connectivity index is 1.31. The molecule has 1 atom stereocenters. The van der Waals surface area contributed by atoms with Crippen LogP contribution in [0.1, 0.15) is 18.5 Å². The number of carbonyl (C=O) groups is 1. The normalized spacial score (nSPS) is 16.0. The van der Waals surface area contributed by atoms with Crippen molar-refractivity contribution in [1.82, 2.24) is 9.38 Å². The van der Waals surface area contributed by atoms with E-state index in [1.54, 1.807) is 0 Å². The number of nitrogens with one attached hydrogen (secondary N) is 1. The predicted molar refractivity (Wildman–Crippen MR) is 106 cm³/mol. The fraction of sp³-hybridized carbons (Fsp3) is 0.333. The number of aromatic nitrogens is 2. The summed E-state index contributed by atoms with van der Waals surface area (Å²) in [6, 6.07) is 12.6. The molecule has 2 aromatic heterocycles. The van der Waals surface area contributed by atoms with E-state index in [-0.39, 0.29) is 11.8 Å². The molecule has 0 saturated carbocycles. The average molecular weight is 380 g/mol. The highest BCUT2D eigenvalue weighted by atomic mass is 16.5. The number of nitrogens with zero attached hydrogens (tertiary/aromatic N) is 2. The smallest absolute Gasteiger partial charge is 0.241 e. The molecule has 1 amide bonds. The highest BCUT2D eigenvalue weighted by molar-refractivity contribution is 5.94. The van der Waals surface area contributed by atoms with Crippen LogP contribution in [0.5, 0.6) is 5.75 Å². The van der Waals surface area contributed by atoms with Gasteiger partial charge in [-0.25, -0.2) is 4.98 Å². The van der Waals surface area contributed by atoms with Crippen molar-refractivity contribution in [3.63, 3.8) is 0 Å². The number of carbonyl (C=O) groups excluding carboxylic acids is 1. The number of nitrogens with two attached hydrogens (primary N) is 1. The molecule has 1 unspecified atom stereocenters. The molecule has 3 heterocycles. The SMILES string of the molecule is NC(C(=O)Nc1ccc(OCc2cn3ccccc3n2)cc1)C1CCOCC1. The molecular formula is C21H24N4O3. The molecule has 1 aromatic carbocycles. The number of anilines is 1. The van der Waals surface area contributed by atoms with Crippen LogP contribution in [0.25, 0.3) is 5.65 Å². The highest BCUT2D eigenvalue weighted by Crippen LogP contribution is 2.20. The Kier molecular flexibility index (Phi) is 5.55. The number of imidazole rings is 1. The molecule has 1 aliphatic rings. The van der Waals surface area contributed by atoms with Crippen molar-refractivity contribution in [3.05, 3.63) is 60.6 Å². The molecule has 0 bridgehead atoms. The summed E-state index contributed by atoms with van der Waals surface area (Å²) in [5.74, 6) is 0.718. The van der Waals surface area contributed by atoms with Crippen LogP contribution in [0.3, 0.4) is 0 Å². The minimum Gasteiger partial charge on any atom is -0.487 e. The van der Waals surface area contributed by atoms with Gasteiger partial charge in [0.05, 0.1) is 11.7 Å². The minimum atomic E-state index is -0.519. The maximum atomic E-state index is 12.4. The summed E-state index contributed by atoms with van der Waals surface area (Å²) in [5.41, 5.74) is 8.56. The first-order chi connectivity index (χ1) is 13.7. The van der Waals surface area contributed by atoms with Crippen molar-refractivity contribution in [3.8, 4) is 5.75 Å². The summed E-state index contributed by atoms with van der Waals surface area (Å²) in [6.07, 6.45) is 5.55. The van der Waals surface area contributed by atoms with Crippen LogP contribution in [-0.2, 0) is 16.1 Å². The first kappa shape index (κ1) is 18.5. The first-order valence-electron chi connectivity index (χ1n) is 9.49. The van der Waals surface area contributed by atoms with E-state index < -0.39 is 6.04 Å². The molecule has 28 heavy (non-hydrogen) atoms. The maximum Gasteiger partial charge on any atom is 0.241 e. The zero-order valence-corrected chi connectivity index (χ0v) is 15.6. The number of pyridine rings is 1. The van der Waals surface area contributed by atoms with Gasteiger partial charge in [-0.1, -0.05) is 6.07 Å². The van der Waals surface area contributed by atoms with E-state index in [1.165, 1.54) is 0 Å². The monoisotopic (exact) mass is 380 g/mol. The number of fused-ring (bicyclic) bond motifs is 1. The molecule has 7 nitrogen and oxygen atoms in total. The van der Waals surface area contributed by atoms with Gasteiger partial charge < -0.3 is 24.9 Å². The summed E-state index contributed by atoms with van der Waals surface area (Å²) >= 11 is 0. The van der Waals surface area contributed by atoms with Crippen LogP contribution < -0.4 is 15.8 Å². The topological polar surface area (TPSA) is 90.9 Å². The van der Waals surface area contributed by atoms with Crippen molar-refractivity contribution in [2.75, 3.05) is 18.5 Å². The van der Waals surface area contributed by atoms with Crippen LogP contribution in [0, 0.1) is 5.92 Å². The molecule has 1 saturated heterocycles. The van der Waals surface area contributed by atoms with E-state index in [0.29, 0.717) is 31.3 Å². The second-order valence-corrected chi connectivity index (χ2v) is 6.98. The van der Waals surface area contributed by atoms with Crippen LogP contribution in [0.4, 0.5) is 5.69 Å². The van der Waals surface area contributed by atoms with Crippen molar-refractivity contribution < 1.29 is 14.3 Å². The summed E-state index contributed by atoms with van der Waals surface area (Å²) in [4.78, 5) is 16.9. The molecule has 3 N–H and O–H groups in total. The Bertz CT molecular complexity index is 899. The Morgan fingerprint density at radius 1 is 1.25 bits per heavy atom. The quantitative estimate of drug-likeness (QED) is 0.686. The van der Waals surface area contributed by atoms with Gasteiger partial charge in [0.15, 0.2) is 0 Å². The average Bonchev–Trinajstić information content (AvgIpc) is 3.16. The second kappa shape index (κ2) is 8.41. The van der Waals surface area contributed by atoms with Gasteiger partial charge in [-0.2, -0.15) is 0 Å². The lowest BCUT2D eigenvalue weighted by molar-refractivity contribution is -0.119. The Morgan fingerprint density at radius 2 is 2.04 bits per heavy atom. The van der Waals surface area contributed by atoms with Crippen molar-refractivity contribution >= 4 is 17.2 Å². The second-order valence-electron chi connectivity index (χ2n) is 6.98. The van der Waals surface area contributed by atoms with E-state index in [0.717, 1.165) is 24.2 Å². The first-order valence-corrected chi connectivity index (χ1v) is 9.49. The number of hydrogen-bond donors (Lipinski definition) is 2. The lowest BCUT2D eigenvalue weighted by atomic mass is 9.92. The summed E-state index contributed by atoms with van der Waals surface area (Å²) in [5, 5.41) is 2.88. The van der Waals surface area contributed by atoms with Crippen LogP contribution in [-0.4, -0.2) is 34.5 Å². The molecule has 4 rings (SSSR count). The van der Waals surface area contributed by atoms with Crippen molar-refractivity contribution in [2.24, 2.45) is 11.7 Å². The third kappa shape index (κ3) is 4.32. The van der Waals surface area contributed by atoms with Gasteiger partial charge in [-0.05, 0) is 55.2 Å². The number of amides is 1. The molecule has 3 aromatic rings. The van der Waals surface area contributed by atoms with E-state index in [4.69, 9.17) is 15.2 Å². The molecule has 1 fully saturated rings. The number of rotatable bonds is 6. The summed E-state index contributed by atoms with van der Waals surface area (Å²) in [7, 11) is 0. The van der Waals surface area contributed by atoms with E-state index in [2.05, 4.69) is 10.3 Å². The standard InChI is InChI=1S/C21H24N4O3/c22-20(15-8-11-27-12-9-15)21(26)24-16-4-6-18(7-5-16)28-14-17-13-25-10-2-1-3-19(25)23-17/h1-7,10,13,15,20H,8-9,11-12,14,22H2,(H,24,26).